The predicted molar refractivity (Wildman–Crippen MR) is 66.6 cm³/mol. The molecule has 0 fully saturated rings. The minimum atomic E-state index is -0.174. The molecule has 0 radical (unpaired) electrons. The zero-order chi connectivity index (χ0) is 11.5. The molecule has 2 rings (SSSR count). The molecular formula is C11H10BrNO2S. The number of carbonyl (C=O) groups is 1. The van der Waals surface area contributed by atoms with Crippen molar-refractivity contribution in [2.24, 2.45) is 0 Å². The van der Waals surface area contributed by atoms with Crippen molar-refractivity contribution in [3.63, 3.8) is 0 Å². The van der Waals surface area contributed by atoms with Crippen LogP contribution in [0.5, 0.6) is 0 Å². The second kappa shape index (κ2) is 4.84. The fourth-order valence-electron chi connectivity index (χ4n) is 1.30. The summed E-state index contributed by atoms with van der Waals surface area (Å²) in [6.45, 7) is 2.37. The Bertz CT molecular complexity index is 504. The number of halogens is 1. The molecule has 0 aromatic carbocycles. The molecule has 0 atom stereocenters. The molecule has 0 saturated heterocycles. The molecule has 2 aromatic heterocycles. The third kappa shape index (κ3) is 2.54. The van der Waals surface area contributed by atoms with Crippen molar-refractivity contribution >= 4 is 33.2 Å². The fraction of sp³-hybridized carbons (Fsp3) is 0.182. The molecule has 0 aliphatic rings. The first-order chi connectivity index (χ1) is 7.66. The quantitative estimate of drug-likeness (QED) is 0.944. The summed E-state index contributed by atoms with van der Waals surface area (Å²) >= 11 is 4.97. The third-order valence-electron chi connectivity index (χ3n) is 2.11. The van der Waals surface area contributed by atoms with Crippen molar-refractivity contribution in [3.8, 4) is 0 Å². The van der Waals surface area contributed by atoms with E-state index in [1.54, 1.807) is 17.4 Å². The van der Waals surface area contributed by atoms with Gasteiger partial charge in [0.1, 0.15) is 0 Å². The lowest BCUT2D eigenvalue weighted by Crippen LogP contribution is -2.22. The van der Waals surface area contributed by atoms with Gasteiger partial charge in [-0.1, -0.05) is 0 Å². The highest BCUT2D eigenvalue weighted by Gasteiger charge is 2.12. The number of hydrogen-bond donors (Lipinski definition) is 1. The van der Waals surface area contributed by atoms with Crippen LogP contribution in [0.4, 0.5) is 0 Å². The van der Waals surface area contributed by atoms with Crippen LogP contribution < -0.4 is 5.32 Å². The first kappa shape index (κ1) is 11.4. The summed E-state index contributed by atoms with van der Waals surface area (Å²) in [5, 5.41) is 4.80. The molecule has 1 amide bonds. The Hall–Kier alpha value is -1.07. The lowest BCUT2D eigenvalue weighted by atomic mass is 10.2. The van der Waals surface area contributed by atoms with Crippen LogP contribution in [-0.2, 0) is 6.54 Å². The van der Waals surface area contributed by atoms with Crippen LogP contribution in [0, 0.1) is 6.92 Å². The number of thiophene rings is 1. The first-order valence-electron chi connectivity index (χ1n) is 4.72. The average Bonchev–Trinajstić information content (AvgIpc) is 2.84. The van der Waals surface area contributed by atoms with Crippen molar-refractivity contribution < 1.29 is 9.21 Å². The van der Waals surface area contributed by atoms with Gasteiger partial charge in [-0.05, 0) is 35.0 Å². The van der Waals surface area contributed by atoms with Crippen LogP contribution in [0.2, 0.25) is 0 Å². The van der Waals surface area contributed by atoms with E-state index in [9.17, 15) is 4.79 Å². The second-order valence-electron chi connectivity index (χ2n) is 3.35. The average molecular weight is 300 g/mol. The maximum absolute atomic E-state index is 11.7. The molecule has 1 N–H and O–H groups in total. The highest BCUT2D eigenvalue weighted by Crippen LogP contribution is 2.19. The van der Waals surface area contributed by atoms with E-state index < -0.39 is 0 Å². The van der Waals surface area contributed by atoms with E-state index in [1.165, 1.54) is 6.26 Å². The standard InChI is InChI=1S/C11H10BrNO2S/c1-7-2-3-15-10(7)11(14)13-5-9-4-8(12)6-16-9/h2-4,6H,5H2,1H3,(H,13,14). The number of carbonyl (C=O) groups excluding carboxylic acids is 1. The Morgan fingerprint density at radius 2 is 2.44 bits per heavy atom. The summed E-state index contributed by atoms with van der Waals surface area (Å²) < 4.78 is 6.14. The van der Waals surface area contributed by atoms with Crippen molar-refractivity contribution in [1.29, 1.82) is 0 Å². The number of hydrogen-bond acceptors (Lipinski definition) is 3. The number of rotatable bonds is 3. The minimum Gasteiger partial charge on any atom is -0.459 e. The van der Waals surface area contributed by atoms with E-state index in [-0.39, 0.29) is 5.91 Å². The maximum Gasteiger partial charge on any atom is 0.287 e. The Morgan fingerprint density at radius 1 is 1.62 bits per heavy atom. The van der Waals surface area contributed by atoms with Gasteiger partial charge < -0.3 is 9.73 Å². The topological polar surface area (TPSA) is 42.2 Å². The zero-order valence-electron chi connectivity index (χ0n) is 8.62. The Balaban J connectivity index is 1.96. The highest BCUT2D eigenvalue weighted by atomic mass is 79.9. The fourth-order valence-corrected chi connectivity index (χ4v) is 2.69. The van der Waals surface area contributed by atoms with Crippen LogP contribution in [0.15, 0.2) is 32.7 Å². The molecule has 0 aliphatic carbocycles. The molecule has 0 spiro atoms. The molecule has 2 heterocycles. The number of aryl methyl sites for hydroxylation is 1. The molecular weight excluding hydrogens is 290 g/mol. The molecule has 0 unspecified atom stereocenters. The molecule has 16 heavy (non-hydrogen) atoms. The number of amides is 1. The molecule has 3 nitrogen and oxygen atoms in total. The van der Waals surface area contributed by atoms with Crippen LogP contribution >= 0.6 is 27.3 Å². The predicted octanol–water partition coefficient (Wildman–Crippen LogP) is 3.34. The van der Waals surface area contributed by atoms with Gasteiger partial charge in [0, 0.05) is 20.3 Å². The molecule has 2 aromatic rings. The van der Waals surface area contributed by atoms with Gasteiger partial charge in [0.15, 0.2) is 5.76 Å². The van der Waals surface area contributed by atoms with Gasteiger partial charge in [-0.2, -0.15) is 0 Å². The van der Waals surface area contributed by atoms with E-state index >= 15 is 0 Å². The van der Waals surface area contributed by atoms with Crippen molar-refractivity contribution in [3.05, 3.63) is 44.4 Å². The Kier molecular flexibility index (Phi) is 3.46. The smallest absolute Gasteiger partial charge is 0.287 e. The van der Waals surface area contributed by atoms with Gasteiger partial charge in [-0.3, -0.25) is 4.79 Å². The SMILES string of the molecule is Cc1ccoc1C(=O)NCc1cc(Br)cs1. The highest BCUT2D eigenvalue weighted by molar-refractivity contribution is 9.10. The van der Waals surface area contributed by atoms with E-state index in [2.05, 4.69) is 21.2 Å². The minimum absolute atomic E-state index is 0.174. The molecule has 84 valence electrons. The first-order valence-corrected chi connectivity index (χ1v) is 6.39. The largest absolute Gasteiger partial charge is 0.459 e. The summed E-state index contributed by atoms with van der Waals surface area (Å²) in [6.07, 6.45) is 1.52. The van der Waals surface area contributed by atoms with Gasteiger partial charge in [-0.15, -0.1) is 11.3 Å². The van der Waals surface area contributed by atoms with E-state index in [4.69, 9.17) is 4.42 Å². The van der Waals surface area contributed by atoms with Crippen LogP contribution in [0.25, 0.3) is 0 Å². The summed E-state index contributed by atoms with van der Waals surface area (Å²) in [5.74, 6) is 0.211. The molecule has 0 aliphatic heterocycles. The lowest BCUT2D eigenvalue weighted by molar-refractivity contribution is 0.0922. The van der Waals surface area contributed by atoms with Gasteiger partial charge in [-0.25, -0.2) is 0 Å². The molecule has 0 bridgehead atoms. The monoisotopic (exact) mass is 299 g/mol. The van der Waals surface area contributed by atoms with Gasteiger partial charge in [0.05, 0.1) is 12.8 Å². The van der Waals surface area contributed by atoms with Crippen LogP contribution in [0.3, 0.4) is 0 Å². The number of nitrogens with one attached hydrogen (secondary N) is 1. The van der Waals surface area contributed by atoms with Gasteiger partial charge in [0.25, 0.3) is 5.91 Å². The second-order valence-corrected chi connectivity index (χ2v) is 5.26. The third-order valence-corrected chi connectivity index (χ3v) is 3.81. The summed E-state index contributed by atoms with van der Waals surface area (Å²) in [7, 11) is 0. The Labute approximate surface area is 106 Å². The van der Waals surface area contributed by atoms with E-state index in [0.717, 1.165) is 14.9 Å². The molecule has 0 saturated carbocycles. The van der Waals surface area contributed by atoms with Crippen LogP contribution in [-0.4, -0.2) is 5.91 Å². The van der Waals surface area contributed by atoms with Crippen molar-refractivity contribution in [2.75, 3.05) is 0 Å². The lowest BCUT2D eigenvalue weighted by Gasteiger charge is -2.01. The summed E-state index contributed by atoms with van der Waals surface area (Å²) in [5.41, 5.74) is 0.852. The zero-order valence-corrected chi connectivity index (χ0v) is 11.0. The van der Waals surface area contributed by atoms with Gasteiger partial charge in [0.2, 0.25) is 0 Å². The van der Waals surface area contributed by atoms with Crippen LogP contribution in [0.1, 0.15) is 21.0 Å². The Morgan fingerprint density at radius 3 is 3.00 bits per heavy atom. The normalized spacial score (nSPS) is 10.4. The van der Waals surface area contributed by atoms with E-state index in [1.807, 2.05) is 18.4 Å². The maximum atomic E-state index is 11.7. The summed E-state index contributed by atoms with van der Waals surface area (Å²) in [6, 6.07) is 3.76. The summed E-state index contributed by atoms with van der Waals surface area (Å²) in [4.78, 5) is 12.8. The van der Waals surface area contributed by atoms with E-state index in [0.29, 0.717) is 12.3 Å². The van der Waals surface area contributed by atoms with Gasteiger partial charge >= 0.3 is 0 Å². The molecule has 5 heteroatoms. The van der Waals surface area contributed by atoms with Crippen molar-refractivity contribution in [1.82, 2.24) is 5.32 Å². The van der Waals surface area contributed by atoms with Crippen molar-refractivity contribution in [2.45, 2.75) is 13.5 Å². The number of furan rings is 1.